The molecule has 0 fully saturated rings. The van der Waals surface area contributed by atoms with Crippen molar-refractivity contribution in [1.82, 2.24) is 0 Å². The van der Waals surface area contributed by atoms with E-state index in [-0.39, 0.29) is 11.9 Å². The number of hydrogen-bond acceptors (Lipinski definition) is 5. The first kappa shape index (κ1) is 31.4. The van der Waals surface area contributed by atoms with Crippen LogP contribution in [0.5, 0.6) is 0 Å². The molecule has 3 aromatic rings. The number of aryl methyl sites for hydroxylation is 3. The zero-order valence-electron chi connectivity index (χ0n) is 24.5. The summed E-state index contributed by atoms with van der Waals surface area (Å²) in [5, 5.41) is 0. The Morgan fingerprint density at radius 2 is 1.05 bits per heavy atom. The van der Waals surface area contributed by atoms with Crippen molar-refractivity contribution < 1.29 is 19.1 Å². The second kappa shape index (κ2) is 16.9. The Bertz CT molecular complexity index is 1170. The van der Waals surface area contributed by atoms with Crippen LogP contribution in [0.1, 0.15) is 55.2 Å². The lowest BCUT2D eigenvalue weighted by molar-refractivity contribution is -0.138. The van der Waals surface area contributed by atoms with E-state index in [0.717, 1.165) is 62.0 Å². The summed E-state index contributed by atoms with van der Waals surface area (Å²) in [7, 11) is 0. The number of benzene rings is 3. The molecule has 0 aliphatic carbocycles. The topological polar surface area (TPSA) is 55.8 Å². The fraction of sp³-hybridized carbons (Fsp3) is 0.333. The van der Waals surface area contributed by atoms with Gasteiger partial charge in [0.1, 0.15) is 0 Å². The normalized spacial score (nSPS) is 10.7. The zero-order chi connectivity index (χ0) is 29.5. The first-order valence-corrected chi connectivity index (χ1v) is 14.5. The number of esters is 2. The molecule has 0 spiro atoms. The van der Waals surface area contributed by atoms with Gasteiger partial charge in [-0.15, -0.1) is 0 Å². The van der Waals surface area contributed by atoms with Crippen molar-refractivity contribution in [2.45, 2.75) is 58.8 Å². The van der Waals surface area contributed by atoms with Crippen molar-refractivity contribution in [3.8, 4) is 0 Å². The standard InChI is InChI=1S/C36H43NO4/c1-5-35(38)40-26-8-12-30(13-9-27-41-36(39)6-2)10-7-11-31-18-24-34(25-19-31)37(32-20-14-28(3)15-21-32)33-22-16-29(4)17-23-33/h5-6,14-25,30H,1-2,7-13,26-27H2,3-4H3. The molecule has 0 heterocycles. The van der Waals surface area contributed by atoms with Gasteiger partial charge in [-0.3, -0.25) is 0 Å². The van der Waals surface area contributed by atoms with Crippen LogP contribution in [0, 0.1) is 19.8 Å². The summed E-state index contributed by atoms with van der Waals surface area (Å²) in [5.74, 6) is -0.299. The van der Waals surface area contributed by atoms with Crippen molar-refractivity contribution in [1.29, 1.82) is 0 Å². The molecule has 0 aliphatic rings. The maximum atomic E-state index is 11.3. The van der Waals surface area contributed by atoms with E-state index in [0.29, 0.717) is 19.1 Å². The van der Waals surface area contributed by atoms with Gasteiger partial charge in [-0.25, -0.2) is 9.59 Å². The van der Waals surface area contributed by atoms with E-state index in [1.807, 2.05) is 0 Å². The average molecular weight is 554 g/mol. The fourth-order valence-electron chi connectivity index (χ4n) is 4.88. The summed E-state index contributed by atoms with van der Waals surface area (Å²) in [6, 6.07) is 26.1. The summed E-state index contributed by atoms with van der Waals surface area (Å²) < 4.78 is 10.3. The van der Waals surface area contributed by atoms with Crippen molar-refractivity contribution in [3.63, 3.8) is 0 Å². The van der Waals surface area contributed by atoms with E-state index in [1.165, 1.54) is 28.8 Å². The first-order valence-electron chi connectivity index (χ1n) is 14.5. The maximum Gasteiger partial charge on any atom is 0.330 e. The minimum absolute atomic E-state index is 0.385. The van der Waals surface area contributed by atoms with E-state index in [4.69, 9.17) is 9.47 Å². The molecule has 5 heteroatoms. The smallest absolute Gasteiger partial charge is 0.330 e. The number of carbonyl (C=O) groups excluding carboxylic acids is 2. The van der Waals surface area contributed by atoms with Crippen molar-refractivity contribution >= 4 is 29.0 Å². The van der Waals surface area contributed by atoms with Gasteiger partial charge >= 0.3 is 11.9 Å². The van der Waals surface area contributed by atoms with Gasteiger partial charge in [-0.2, -0.15) is 0 Å². The molecule has 3 rings (SSSR count). The molecule has 3 aromatic carbocycles. The first-order chi connectivity index (χ1) is 19.9. The van der Waals surface area contributed by atoms with Gasteiger partial charge in [-0.1, -0.05) is 67.1 Å². The van der Waals surface area contributed by atoms with E-state index in [1.54, 1.807) is 0 Å². The molecule has 0 aromatic heterocycles. The number of anilines is 3. The monoisotopic (exact) mass is 553 g/mol. The minimum atomic E-state index is -0.385. The van der Waals surface area contributed by atoms with Crippen LogP contribution in [0.4, 0.5) is 17.1 Å². The highest BCUT2D eigenvalue weighted by atomic mass is 16.5. The number of nitrogens with zero attached hydrogens (tertiary/aromatic N) is 1. The van der Waals surface area contributed by atoms with E-state index >= 15 is 0 Å². The highest BCUT2D eigenvalue weighted by Crippen LogP contribution is 2.35. The van der Waals surface area contributed by atoms with E-state index in [2.05, 4.69) is 105 Å². The van der Waals surface area contributed by atoms with Gasteiger partial charge < -0.3 is 14.4 Å². The van der Waals surface area contributed by atoms with Crippen LogP contribution in [0.25, 0.3) is 0 Å². The Morgan fingerprint density at radius 3 is 1.46 bits per heavy atom. The summed E-state index contributed by atoms with van der Waals surface area (Å²) in [6.45, 7) is 11.9. The number of carbonyl (C=O) groups is 2. The lowest BCUT2D eigenvalue weighted by atomic mass is 9.91. The largest absolute Gasteiger partial charge is 0.463 e. The van der Waals surface area contributed by atoms with E-state index < -0.39 is 0 Å². The Balaban J connectivity index is 1.60. The van der Waals surface area contributed by atoms with Gasteiger partial charge in [0.25, 0.3) is 0 Å². The molecule has 0 N–H and O–H groups in total. The Morgan fingerprint density at radius 1 is 0.659 bits per heavy atom. The molecule has 0 amide bonds. The molecule has 0 saturated carbocycles. The van der Waals surface area contributed by atoms with Gasteiger partial charge in [0.2, 0.25) is 0 Å². The molecule has 0 bridgehead atoms. The summed E-state index contributed by atoms with van der Waals surface area (Å²) in [4.78, 5) is 25.0. The third-order valence-electron chi connectivity index (χ3n) is 7.19. The van der Waals surface area contributed by atoms with E-state index in [9.17, 15) is 9.59 Å². The second-order valence-corrected chi connectivity index (χ2v) is 10.5. The minimum Gasteiger partial charge on any atom is -0.463 e. The van der Waals surface area contributed by atoms with Crippen LogP contribution in [0.15, 0.2) is 98.1 Å². The maximum absolute atomic E-state index is 11.3. The summed E-state index contributed by atoms with van der Waals surface area (Å²) in [5.41, 5.74) is 7.17. The van der Waals surface area contributed by atoms with Crippen molar-refractivity contribution in [3.05, 3.63) is 115 Å². The summed E-state index contributed by atoms with van der Waals surface area (Å²) in [6.07, 6.45) is 9.02. The Kier molecular flexibility index (Phi) is 12.9. The average Bonchev–Trinajstić information content (AvgIpc) is 2.99. The van der Waals surface area contributed by atoms with Crippen LogP contribution < -0.4 is 4.90 Å². The lowest BCUT2D eigenvalue weighted by Crippen LogP contribution is -2.10. The molecule has 0 atom stereocenters. The van der Waals surface area contributed by atoms with Crippen LogP contribution in [0.2, 0.25) is 0 Å². The van der Waals surface area contributed by atoms with Crippen LogP contribution in [-0.4, -0.2) is 25.2 Å². The molecule has 5 nitrogen and oxygen atoms in total. The number of ether oxygens (including phenoxy) is 2. The summed E-state index contributed by atoms with van der Waals surface area (Å²) >= 11 is 0. The molecular weight excluding hydrogens is 510 g/mol. The Hall–Kier alpha value is -4.12. The highest BCUT2D eigenvalue weighted by molar-refractivity contribution is 5.81. The van der Waals surface area contributed by atoms with Gasteiger partial charge in [0, 0.05) is 29.2 Å². The van der Waals surface area contributed by atoms with Crippen LogP contribution in [-0.2, 0) is 25.5 Å². The number of hydrogen-bond donors (Lipinski definition) is 0. The van der Waals surface area contributed by atoms with Crippen molar-refractivity contribution in [2.75, 3.05) is 18.1 Å². The Labute approximate surface area is 245 Å². The molecule has 41 heavy (non-hydrogen) atoms. The van der Waals surface area contributed by atoms with Gasteiger partial charge in [0.05, 0.1) is 13.2 Å². The van der Waals surface area contributed by atoms with Gasteiger partial charge in [0.15, 0.2) is 0 Å². The third-order valence-corrected chi connectivity index (χ3v) is 7.19. The SMILES string of the molecule is C=CC(=O)OCCCC(CCCOC(=O)C=C)CCCc1ccc(N(c2ccc(C)cc2)c2ccc(C)cc2)cc1. The molecule has 0 saturated heterocycles. The molecule has 216 valence electrons. The molecule has 0 radical (unpaired) electrons. The zero-order valence-corrected chi connectivity index (χ0v) is 24.5. The second-order valence-electron chi connectivity index (χ2n) is 10.5. The number of rotatable bonds is 17. The molecule has 0 aliphatic heterocycles. The predicted octanol–water partition coefficient (Wildman–Crippen LogP) is 8.73. The molecular formula is C36H43NO4. The highest BCUT2D eigenvalue weighted by Gasteiger charge is 2.13. The van der Waals surface area contributed by atoms with Crippen molar-refractivity contribution in [2.24, 2.45) is 5.92 Å². The van der Waals surface area contributed by atoms with Crippen LogP contribution in [0.3, 0.4) is 0 Å². The lowest BCUT2D eigenvalue weighted by Gasteiger charge is -2.26. The quantitative estimate of drug-likeness (QED) is 0.0950. The predicted molar refractivity (Wildman–Crippen MR) is 168 cm³/mol. The molecule has 0 unspecified atom stereocenters. The third kappa shape index (κ3) is 10.8. The van der Waals surface area contributed by atoms with Gasteiger partial charge in [-0.05, 0) is 100 Å². The van der Waals surface area contributed by atoms with Crippen LogP contribution >= 0.6 is 0 Å². The fourth-order valence-corrected chi connectivity index (χ4v) is 4.88.